The molecule has 0 fully saturated rings. The van der Waals surface area contributed by atoms with Crippen molar-refractivity contribution in [3.8, 4) is 11.1 Å². The molecule has 0 aliphatic heterocycles. The summed E-state index contributed by atoms with van der Waals surface area (Å²) in [5, 5.41) is 6.98. The summed E-state index contributed by atoms with van der Waals surface area (Å²) >= 11 is 3.09. The molecule has 4 nitrogen and oxygen atoms in total. The largest absolute Gasteiger partial charge is 0.355 e. The second kappa shape index (κ2) is 8.45. The van der Waals surface area contributed by atoms with E-state index in [0.717, 1.165) is 45.8 Å². The quantitative estimate of drug-likeness (QED) is 0.372. The van der Waals surface area contributed by atoms with E-state index in [0.29, 0.717) is 5.75 Å². The number of carbonyl (C=O) groups is 1. The van der Waals surface area contributed by atoms with Crippen molar-refractivity contribution in [1.29, 1.82) is 0 Å². The average Bonchev–Trinajstić information content (AvgIpc) is 3.05. The van der Waals surface area contributed by atoms with Gasteiger partial charge in [0, 0.05) is 17.5 Å². The smallest absolute Gasteiger partial charge is 0.230 e. The molecular formula is C19H21N3OS2. The van der Waals surface area contributed by atoms with Gasteiger partial charge < -0.3 is 5.32 Å². The van der Waals surface area contributed by atoms with Gasteiger partial charge in [-0.1, -0.05) is 54.9 Å². The molecule has 0 saturated heterocycles. The number of rotatable bonds is 7. The van der Waals surface area contributed by atoms with Gasteiger partial charge in [-0.25, -0.2) is 9.97 Å². The van der Waals surface area contributed by atoms with Gasteiger partial charge in [0.2, 0.25) is 5.91 Å². The number of amides is 1. The van der Waals surface area contributed by atoms with Gasteiger partial charge in [0.1, 0.15) is 16.2 Å². The molecule has 0 aliphatic carbocycles. The lowest BCUT2D eigenvalue weighted by Crippen LogP contribution is -2.26. The number of aryl methyl sites for hydroxylation is 1. The third-order valence-corrected chi connectivity index (χ3v) is 5.77. The number of unbranched alkanes of at least 4 members (excludes halogenated alkanes) is 1. The van der Waals surface area contributed by atoms with Gasteiger partial charge >= 0.3 is 0 Å². The van der Waals surface area contributed by atoms with E-state index in [2.05, 4.69) is 58.8 Å². The molecule has 25 heavy (non-hydrogen) atoms. The third kappa shape index (κ3) is 4.38. The fraction of sp³-hybridized carbons (Fsp3) is 0.316. The molecule has 3 aromatic rings. The second-order valence-electron chi connectivity index (χ2n) is 5.87. The zero-order valence-electron chi connectivity index (χ0n) is 14.4. The first-order chi connectivity index (χ1) is 12.2. The van der Waals surface area contributed by atoms with Crippen LogP contribution >= 0.6 is 23.1 Å². The molecule has 0 radical (unpaired) electrons. The Balaban J connectivity index is 1.82. The van der Waals surface area contributed by atoms with Gasteiger partial charge in [-0.3, -0.25) is 4.79 Å². The fourth-order valence-corrected chi connectivity index (χ4v) is 4.32. The van der Waals surface area contributed by atoms with E-state index >= 15 is 0 Å². The maximum atomic E-state index is 12.0. The molecule has 0 bridgehead atoms. The molecular weight excluding hydrogens is 350 g/mol. The van der Waals surface area contributed by atoms with Crippen molar-refractivity contribution >= 4 is 39.2 Å². The zero-order chi connectivity index (χ0) is 17.6. The van der Waals surface area contributed by atoms with E-state index in [9.17, 15) is 4.79 Å². The number of fused-ring (bicyclic) bond motifs is 1. The maximum absolute atomic E-state index is 12.0. The van der Waals surface area contributed by atoms with E-state index < -0.39 is 0 Å². The van der Waals surface area contributed by atoms with E-state index in [1.54, 1.807) is 17.7 Å². The van der Waals surface area contributed by atoms with Crippen molar-refractivity contribution < 1.29 is 4.79 Å². The van der Waals surface area contributed by atoms with Crippen LogP contribution < -0.4 is 5.32 Å². The second-order valence-corrected chi connectivity index (χ2v) is 7.69. The van der Waals surface area contributed by atoms with E-state index in [1.165, 1.54) is 17.3 Å². The van der Waals surface area contributed by atoms with Gasteiger partial charge in [-0.15, -0.1) is 11.3 Å². The van der Waals surface area contributed by atoms with Gasteiger partial charge in [0.15, 0.2) is 0 Å². The van der Waals surface area contributed by atoms with Crippen LogP contribution in [0.5, 0.6) is 0 Å². The molecule has 2 aromatic heterocycles. The predicted octanol–water partition coefficient (Wildman–Crippen LogP) is 4.68. The van der Waals surface area contributed by atoms with E-state index in [4.69, 9.17) is 0 Å². The van der Waals surface area contributed by atoms with Crippen LogP contribution in [0.1, 0.15) is 25.3 Å². The van der Waals surface area contributed by atoms with Crippen LogP contribution in [0.25, 0.3) is 21.3 Å². The van der Waals surface area contributed by atoms with Gasteiger partial charge in [-0.2, -0.15) is 0 Å². The standard InChI is InChI=1S/C19H21N3OS2/c1-3-4-9-20-16(23)11-25-19-17-15(10-24-18(17)21-12-22-19)14-7-5-13(2)6-8-14/h5-8,10,12H,3-4,9,11H2,1-2H3,(H,20,23). The minimum absolute atomic E-state index is 0.0531. The van der Waals surface area contributed by atoms with Crippen LogP contribution in [-0.4, -0.2) is 28.2 Å². The van der Waals surface area contributed by atoms with Crippen molar-refractivity contribution in [2.24, 2.45) is 0 Å². The molecule has 130 valence electrons. The van der Waals surface area contributed by atoms with Crippen molar-refractivity contribution in [3.05, 3.63) is 41.5 Å². The number of hydrogen-bond donors (Lipinski definition) is 1. The molecule has 3 rings (SSSR count). The van der Waals surface area contributed by atoms with Gasteiger partial charge in [0.25, 0.3) is 0 Å². The third-order valence-electron chi connectivity index (χ3n) is 3.89. The Morgan fingerprint density at radius 3 is 2.80 bits per heavy atom. The number of aromatic nitrogens is 2. The SMILES string of the molecule is CCCCNC(=O)CSc1ncnc2scc(-c3ccc(C)cc3)c12. The molecule has 2 heterocycles. The van der Waals surface area contributed by atoms with E-state index in [-0.39, 0.29) is 5.91 Å². The highest BCUT2D eigenvalue weighted by molar-refractivity contribution is 8.00. The zero-order valence-corrected chi connectivity index (χ0v) is 16.0. The minimum Gasteiger partial charge on any atom is -0.355 e. The lowest BCUT2D eigenvalue weighted by atomic mass is 10.1. The Kier molecular flexibility index (Phi) is 6.04. The highest BCUT2D eigenvalue weighted by atomic mass is 32.2. The number of thiophene rings is 1. The molecule has 1 N–H and O–H groups in total. The summed E-state index contributed by atoms with van der Waals surface area (Å²) in [5.74, 6) is 0.427. The first-order valence-electron chi connectivity index (χ1n) is 8.37. The number of nitrogens with one attached hydrogen (secondary N) is 1. The summed E-state index contributed by atoms with van der Waals surface area (Å²) in [6.45, 7) is 4.93. The first-order valence-corrected chi connectivity index (χ1v) is 10.2. The molecule has 6 heteroatoms. The number of benzene rings is 1. The summed E-state index contributed by atoms with van der Waals surface area (Å²) in [6, 6.07) is 8.46. The Labute approximate surface area is 156 Å². The minimum atomic E-state index is 0.0531. The highest BCUT2D eigenvalue weighted by Gasteiger charge is 2.14. The Morgan fingerprint density at radius 2 is 2.04 bits per heavy atom. The Hall–Kier alpha value is -1.92. The van der Waals surface area contributed by atoms with Gasteiger partial charge in [-0.05, 0) is 18.9 Å². The number of carbonyl (C=O) groups excluding carboxylic acids is 1. The van der Waals surface area contributed by atoms with Crippen molar-refractivity contribution in [1.82, 2.24) is 15.3 Å². The first kappa shape index (κ1) is 17.9. The molecule has 0 spiro atoms. The number of nitrogens with zero attached hydrogens (tertiary/aromatic N) is 2. The van der Waals surface area contributed by atoms with Crippen LogP contribution in [0, 0.1) is 6.92 Å². The van der Waals surface area contributed by atoms with Crippen molar-refractivity contribution in [2.45, 2.75) is 31.7 Å². The van der Waals surface area contributed by atoms with Crippen LogP contribution in [0.15, 0.2) is 41.0 Å². The molecule has 0 aliphatic rings. The van der Waals surface area contributed by atoms with Gasteiger partial charge in [0.05, 0.1) is 11.1 Å². The maximum Gasteiger partial charge on any atom is 0.230 e. The van der Waals surface area contributed by atoms with E-state index in [1.807, 2.05) is 0 Å². The predicted molar refractivity (Wildman–Crippen MR) is 106 cm³/mol. The lowest BCUT2D eigenvalue weighted by molar-refractivity contribution is -0.118. The highest BCUT2D eigenvalue weighted by Crippen LogP contribution is 2.37. The molecule has 0 unspecified atom stereocenters. The van der Waals surface area contributed by atoms with Crippen LogP contribution in [0.2, 0.25) is 0 Å². The number of thioether (sulfide) groups is 1. The molecule has 0 saturated carbocycles. The van der Waals surface area contributed by atoms with Crippen LogP contribution in [0.4, 0.5) is 0 Å². The summed E-state index contributed by atoms with van der Waals surface area (Å²) in [6.07, 6.45) is 3.67. The normalized spacial score (nSPS) is 11.0. The fourth-order valence-electron chi connectivity index (χ4n) is 2.49. The summed E-state index contributed by atoms with van der Waals surface area (Å²) in [5.41, 5.74) is 3.52. The molecule has 1 amide bonds. The number of hydrogen-bond acceptors (Lipinski definition) is 5. The topological polar surface area (TPSA) is 54.9 Å². The Bertz CT molecular complexity index is 859. The lowest BCUT2D eigenvalue weighted by Gasteiger charge is -2.06. The average molecular weight is 372 g/mol. The summed E-state index contributed by atoms with van der Waals surface area (Å²) < 4.78 is 0. The molecule has 0 atom stereocenters. The summed E-state index contributed by atoms with van der Waals surface area (Å²) in [4.78, 5) is 21.8. The van der Waals surface area contributed by atoms with Crippen molar-refractivity contribution in [3.63, 3.8) is 0 Å². The van der Waals surface area contributed by atoms with Crippen molar-refractivity contribution in [2.75, 3.05) is 12.3 Å². The molecule has 1 aromatic carbocycles. The Morgan fingerprint density at radius 1 is 1.24 bits per heavy atom. The summed E-state index contributed by atoms with van der Waals surface area (Å²) in [7, 11) is 0. The monoisotopic (exact) mass is 371 g/mol. The van der Waals surface area contributed by atoms with Crippen LogP contribution in [-0.2, 0) is 4.79 Å². The van der Waals surface area contributed by atoms with Crippen LogP contribution in [0.3, 0.4) is 0 Å².